The largest absolute Gasteiger partial charge is 0.478 e. The van der Waals surface area contributed by atoms with Crippen molar-refractivity contribution >= 4 is 11.7 Å². The first-order valence-corrected chi connectivity index (χ1v) is 5.97. The Kier molecular flexibility index (Phi) is 3.81. The molecule has 1 N–H and O–H groups in total. The SMILES string of the molecule is CC1CN(c2ccc(F)cc2C(=O)O)CCCO1. The van der Waals surface area contributed by atoms with E-state index < -0.39 is 11.8 Å². The van der Waals surface area contributed by atoms with Crippen molar-refractivity contribution in [2.45, 2.75) is 19.4 Å². The highest BCUT2D eigenvalue weighted by Crippen LogP contribution is 2.24. The minimum absolute atomic E-state index is 0.00380. The van der Waals surface area contributed by atoms with Crippen LogP contribution in [0.1, 0.15) is 23.7 Å². The highest BCUT2D eigenvalue weighted by molar-refractivity contribution is 5.94. The van der Waals surface area contributed by atoms with Crippen LogP contribution in [0.3, 0.4) is 0 Å². The van der Waals surface area contributed by atoms with E-state index in [2.05, 4.69) is 0 Å². The van der Waals surface area contributed by atoms with Gasteiger partial charge in [-0.1, -0.05) is 0 Å². The van der Waals surface area contributed by atoms with Gasteiger partial charge in [0.15, 0.2) is 0 Å². The molecule has 0 amide bonds. The summed E-state index contributed by atoms with van der Waals surface area (Å²) in [5.74, 6) is -1.64. The number of carbonyl (C=O) groups is 1. The number of benzene rings is 1. The number of carboxylic acid groups (broad SMARTS) is 1. The van der Waals surface area contributed by atoms with Crippen molar-refractivity contribution in [3.05, 3.63) is 29.6 Å². The fraction of sp³-hybridized carbons (Fsp3) is 0.462. The van der Waals surface area contributed by atoms with Gasteiger partial charge in [-0.3, -0.25) is 0 Å². The maximum atomic E-state index is 13.1. The van der Waals surface area contributed by atoms with Gasteiger partial charge in [0.05, 0.1) is 17.4 Å². The van der Waals surface area contributed by atoms with Gasteiger partial charge in [-0.05, 0) is 31.5 Å². The summed E-state index contributed by atoms with van der Waals surface area (Å²) in [6, 6.07) is 3.88. The molecular weight excluding hydrogens is 237 g/mol. The minimum Gasteiger partial charge on any atom is -0.478 e. The molecule has 4 nitrogen and oxygen atoms in total. The average Bonchev–Trinajstić information content (AvgIpc) is 2.53. The monoisotopic (exact) mass is 253 g/mol. The zero-order chi connectivity index (χ0) is 13.1. The summed E-state index contributed by atoms with van der Waals surface area (Å²) in [4.78, 5) is 13.1. The zero-order valence-electron chi connectivity index (χ0n) is 10.2. The predicted octanol–water partition coefficient (Wildman–Crippen LogP) is 2.14. The Hall–Kier alpha value is -1.62. The number of carboxylic acids is 1. The van der Waals surface area contributed by atoms with Crippen LogP contribution in [-0.2, 0) is 4.74 Å². The lowest BCUT2D eigenvalue weighted by Crippen LogP contribution is -2.31. The smallest absolute Gasteiger partial charge is 0.337 e. The molecule has 1 aromatic rings. The van der Waals surface area contributed by atoms with Gasteiger partial charge in [-0.25, -0.2) is 9.18 Å². The van der Waals surface area contributed by atoms with Crippen molar-refractivity contribution in [2.75, 3.05) is 24.6 Å². The molecule has 1 fully saturated rings. The Balaban J connectivity index is 2.33. The van der Waals surface area contributed by atoms with Gasteiger partial charge in [0.25, 0.3) is 0 Å². The first-order chi connectivity index (χ1) is 8.58. The molecule has 2 rings (SSSR count). The first-order valence-electron chi connectivity index (χ1n) is 5.97. The summed E-state index contributed by atoms with van der Waals surface area (Å²) in [6.45, 7) is 3.95. The van der Waals surface area contributed by atoms with Crippen LogP contribution in [0.5, 0.6) is 0 Å². The molecule has 0 bridgehead atoms. The lowest BCUT2D eigenvalue weighted by Gasteiger charge is -2.25. The molecule has 1 saturated heterocycles. The first kappa shape index (κ1) is 12.8. The summed E-state index contributed by atoms with van der Waals surface area (Å²) in [5, 5.41) is 9.13. The topological polar surface area (TPSA) is 49.8 Å². The van der Waals surface area contributed by atoms with Crippen molar-refractivity contribution in [1.29, 1.82) is 0 Å². The molecule has 1 aliphatic rings. The molecule has 1 unspecified atom stereocenters. The summed E-state index contributed by atoms with van der Waals surface area (Å²) < 4.78 is 18.6. The van der Waals surface area contributed by atoms with Gasteiger partial charge in [-0.15, -0.1) is 0 Å². The summed E-state index contributed by atoms with van der Waals surface area (Å²) in [7, 11) is 0. The molecule has 1 atom stereocenters. The van der Waals surface area contributed by atoms with Gasteiger partial charge >= 0.3 is 5.97 Å². The molecule has 1 heterocycles. The number of halogens is 1. The van der Waals surface area contributed by atoms with Gasteiger partial charge in [-0.2, -0.15) is 0 Å². The van der Waals surface area contributed by atoms with E-state index in [-0.39, 0.29) is 11.7 Å². The maximum Gasteiger partial charge on any atom is 0.337 e. The second kappa shape index (κ2) is 5.35. The van der Waals surface area contributed by atoms with E-state index in [1.54, 1.807) is 0 Å². The van der Waals surface area contributed by atoms with Crippen LogP contribution in [0, 0.1) is 5.82 Å². The van der Waals surface area contributed by atoms with Crippen molar-refractivity contribution in [1.82, 2.24) is 0 Å². The Bertz CT molecular complexity index is 450. The van der Waals surface area contributed by atoms with Crippen molar-refractivity contribution in [3.63, 3.8) is 0 Å². The van der Waals surface area contributed by atoms with E-state index in [4.69, 9.17) is 9.84 Å². The number of nitrogens with zero attached hydrogens (tertiary/aromatic N) is 1. The van der Waals surface area contributed by atoms with Gasteiger partial charge < -0.3 is 14.7 Å². The predicted molar refractivity (Wildman–Crippen MR) is 65.6 cm³/mol. The van der Waals surface area contributed by atoms with Crippen molar-refractivity contribution in [3.8, 4) is 0 Å². The molecule has 98 valence electrons. The normalized spacial score (nSPS) is 20.6. The number of hydrogen-bond acceptors (Lipinski definition) is 3. The van der Waals surface area contributed by atoms with Crippen molar-refractivity contribution < 1.29 is 19.0 Å². The van der Waals surface area contributed by atoms with Crippen LogP contribution < -0.4 is 4.90 Å². The van der Waals surface area contributed by atoms with E-state index in [0.29, 0.717) is 18.8 Å². The second-order valence-electron chi connectivity index (χ2n) is 4.45. The fourth-order valence-corrected chi connectivity index (χ4v) is 2.17. The molecule has 1 aliphatic heterocycles. The van der Waals surface area contributed by atoms with Gasteiger partial charge in [0, 0.05) is 19.7 Å². The Labute approximate surface area is 105 Å². The quantitative estimate of drug-likeness (QED) is 0.877. The standard InChI is InChI=1S/C13H16FNO3/c1-9-8-15(5-2-6-18-9)12-4-3-10(14)7-11(12)13(16)17/h3-4,7,9H,2,5-6,8H2,1H3,(H,16,17). The van der Waals surface area contributed by atoms with Gasteiger partial charge in [0.1, 0.15) is 5.82 Å². The van der Waals surface area contributed by atoms with Crippen molar-refractivity contribution in [2.24, 2.45) is 0 Å². The number of aromatic carboxylic acids is 1. The second-order valence-corrected chi connectivity index (χ2v) is 4.45. The van der Waals surface area contributed by atoms with Crippen LogP contribution in [0.15, 0.2) is 18.2 Å². The van der Waals surface area contributed by atoms with Crippen LogP contribution in [0.4, 0.5) is 10.1 Å². The number of hydrogen-bond donors (Lipinski definition) is 1. The molecule has 5 heteroatoms. The molecule has 18 heavy (non-hydrogen) atoms. The Morgan fingerprint density at radius 3 is 3.06 bits per heavy atom. The number of ether oxygens (including phenoxy) is 1. The Morgan fingerprint density at radius 2 is 2.33 bits per heavy atom. The molecular formula is C13H16FNO3. The third-order valence-corrected chi connectivity index (χ3v) is 2.98. The zero-order valence-corrected chi connectivity index (χ0v) is 10.2. The number of anilines is 1. The molecule has 0 spiro atoms. The van der Waals surface area contributed by atoms with Crippen LogP contribution in [0.25, 0.3) is 0 Å². The fourth-order valence-electron chi connectivity index (χ4n) is 2.17. The molecule has 0 aliphatic carbocycles. The lowest BCUT2D eigenvalue weighted by atomic mass is 10.1. The van der Waals surface area contributed by atoms with E-state index in [9.17, 15) is 9.18 Å². The maximum absolute atomic E-state index is 13.1. The van der Waals surface area contributed by atoms with Crippen LogP contribution >= 0.6 is 0 Å². The van der Waals surface area contributed by atoms with E-state index in [1.165, 1.54) is 12.1 Å². The molecule has 0 aromatic heterocycles. The Morgan fingerprint density at radius 1 is 1.56 bits per heavy atom. The number of rotatable bonds is 2. The summed E-state index contributed by atoms with van der Waals surface area (Å²) in [6.07, 6.45) is 0.875. The summed E-state index contributed by atoms with van der Waals surface area (Å²) in [5.41, 5.74) is 0.561. The highest BCUT2D eigenvalue weighted by atomic mass is 19.1. The van der Waals surface area contributed by atoms with E-state index in [1.807, 2.05) is 11.8 Å². The van der Waals surface area contributed by atoms with Crippen LogP contribution in [-0.4, -0.2) is 36.9 Å². The average molecular weight is 253 g/mol. The highest BCUT2D eigenvalue weighted by Gasteiger charge is 2.20. The third-order valence-electron chi connectivity index (χ3n) is 2.98. The lowest BCUT2D eigenvalue weighted by molar-refractivity contribution is 0.0695. The van der Waals surface area contributed by atoms with Gasteiger partial charge in [0.2, 0.25) is 0 Å². The molecule has 0 radical (unpaired) electrons. The summed E-state index contributed by atoms with van der Waals surface area (Å²) >= 11 is 0. The van der Waals surface area contributed by atoms with E-state index in [0.717, 1.165) is 19.0 Å². The third kappa shape index (κ3) is 2.79. The van der Waals surface area contributed by atoms with E-state index >= 15 is 0 Å². The molecule has 0 saturated carbocycles. The molecule has 1 aromatic carbocycles. The minimum atomic E-state index is -1.11. The van der Waals surface area contributed by atoms with Crippen LogP contribution in [0.2, 0.25) is 0 Å².